The van der Waals surface area contributed by atoms with Crippen molar-refractivity contribution in [3.05, 3.63) is 31.3 Å². The number of Topliss-reactive ketones (excluding diaryl/α,β-unsaturated/α-hetero) is 1. The molecule has 0 radical (unpaired) electrons. The van der Waals surface area contributed by atoms with E-state index in [2.05, 4.69) is 26.1 Å². The van der Waals surface area contributed by atoms with Crippen LogP contribution in [0.2, 0.25) is 0 Å². The molecule has 2 aromatic heterocycles. The molecule has 0 fully saturated rings. The average molecular weight is 362 g/mol. The van der Waals surface area contributed by atoms with Gasteiger partial charge in [-0.05, 0) is 41.9 Å². The molecule has 0 amide bonds. The van der Waals surface area contributed by atoms with Crippen LogP contribution in [0.5, 0.6) is 0 Å². The molecule has 2 heterocycles. The van der Waals surface area contributed by atoms with Gasteiger partial charge in [0.25, 0.3) is 0 Å². The van der Waals surface area contributed by atoms with E-state index < -0.39 is 0 Å². The number of hydrogen-bond acceptors (Lipinski definition) is 5. The Bertz CT molecular complexity index is 644. The Morgan fingerprint density at radius 1 is 1.58 bits per heavy atom. The van der Waals surface area contributed by atoms with Gasteiger partial charge < -0.3 is 0 Å². The molecule has 0 aliphatic carbocycles. The van der Waals surface area contributed by atoms with Gasteiger partial charge in [0.2, 0.25) is 0 Å². The Kier molecular flexibility index (Phi) is 4.64. The zero-order valence-corrected chi connectivity index (χ0v) is 13.6. The van der Waals surface area contributed by atoms with Crippen LogP contribution in [0, 0.1) is 0 Å². The number of ketones is 1. The van der Waals surface area contributed by atoms with Crippen LogP contribution in [0.15, 0.2) is 25.9 Å². The molecule has 19 heavy (non-hydrogen) atoms. The normalized spacial score (nSPS) is 11.2. The van der Waals surface area contributed by atoms with Crippen molar-refractivity contribution in [2.45, 2.75) is 25.0 Å². The molecule has 2 rings (SSSR count). The minimum atomic E-state index is -0.246. The summed E-state index contributed by atoms with van der Waals surface area (Å²) in [7, 11) is 0. The van der Waals surface area contributed by atoms with Gasteiger partial charge in [0.1, 0.15) is 0 Å². The summed E-state index contributed by atoms with van der Waals surface area (Å²) in [5.41, 5.74) is -0.246. The Hall–Kier alpha value is -0.860. The Morgan fingerprint density at radius 2 is 2.32 bits per heavy atom. The number of H-pyrrole nitrogens is 1. The summed E-state index contributed by atoms with van der Waals surface area (Å²) in [5.74, 6) is 0.302. The van der Waals surface area contributed by atoms with Gasteiger partial charge in [-0.2, -0.15) is 0 Å². The largest absolute Gasteiger partial charge is 0.344 e. The second-order valence-electron chi connectivity index (χ2n) is 4.09. The number of thiophene rings is 1. The van der Waals surface area contributed by atoms with Crippen molar-refractivity contribution < 1.29 is 4.79 Å². The maximum atomic E-state index is 12.0. The smallest absolute Gasteiger partial charge is 0.292 e. The number of halogens is 1. The minimum Gasteiger partial charge on any atom is -0.292 e. The molecule has 8 heteroatoms. The van der Waals surface area contributed by atoms with Gasteiger partial charge >= 0.3 is 5.69 Å². The van der Waals surface area contributed by atoms with Crippen LogP contribution in [0.25, 0.3) is 0 Å². The number of aromatic nitrogens is 3. The van der Waals surface area contributed by atoms with Crippen molar-refractivity contribution in [3.63, 3.8) is 0 Å². The monoisotopic (exact) mass is 361 g/mol. The van der Waals surface area contributed by atoms with Crippen molar-refractivity contribution in [2.24, 2.45) is 0 Å². The third-order valence-corrected chi connectivity index (χ3v) is 4.99. The van der Waals surface area contributed by atoms with Crippen LogP contribution in [-0.2, 0) is 0 Å². The van der Waals surface area contributed by atoms with Gasteiger partial charge in [-0.15, -0.1) is 16.4 Å². The molecular weight excluding hydrogens is 350 g/mol. The highest BCUT2D eigenvalue weighted by Gasteiger charge is 2.15. The van der Waals surface area contributed by atoms with Gasteiger partial charge in [0, 0.05) is 6.04 Å². The highest BCUT2D eigenvalue weighted by atomic mass is 79.9. The standard InChI is InChI=1S/C11H12BrN3O2S2/c1-6(2)15-10(17)13-14-11(15)18-5-7(16)8-3-4-9(12)19-8/h3-4,6H,5H2,1-2H3,(H,13,17). The van der Waals surface area contributed by atoms with E-state index in [4.69, 9.17) is 0 Å². The lowest BCUT2D eigenvalue weighted by Gasteiger charge is -2.07. The third kappa shape index (κ3) is 3.37. The van der Waals surface area contributed by atoms with Gasteiger partial charge in [-0.1, -0.05) is 11.8 Å². The fraction of sp³-hybridized carbons (Fsp3) is 0.364. The van der Waals surface area contributed by atoms with Crippen LogP contribution < -0.4 is 5.69 Å². The van der Waals surface area contributed by atoms with E-state index in [-0.39, 0.29) is 23.3 Å². The van der Waals surface area contributed by atoms with Crippen LogP contribution in [0.3, 0.4) is 0 Å². The molecule has 0 saturated carbocycles. The molecule has 5 nitrogen and oxygen atoms in total. The predicted molar refractivity (Wildman–Crippen MR) is 80.3 cm³/mol. The molecule has 0 saturated heterocycles. The van der Waals surface area contributed by atoms with Crippen molar-refractivity contribution >= 4 is 44.8 Å². The fourth-order valence-electron chi connectivity index (χ4n) is 1.51. The zero-order valence-electron chi connectivity index (χ0n) is 10.3. The first-order valence-corrected chi connectivity index (χ1v) is 8.16. The topological polar surface area (TPSA) is 67.8 Å². The van der Waals surface area contributed by atoms with E-state index in [1.807, 2.05) is 19.9 Å². The van der Waals surface area contributed by atoms with Crippen LogP contribution in [0.4, 0.5) is 0 Å². The Labute approximate surface area is 126 Å². The highest BCUT2D eigenvalue weighted by molar-refractivity contribution is 9.11. The molecule has 1 N–H and O–H groups in total. The van der Waals surface area contributed by atoms with Crippen molar-refractivity contribution in [1.29, 1.82) is 0 Å². The summed E-state index contributed by atoms with van der Waals surface area (Å²) in [4.78, 5) is 24.2. The van der Waals surface area contributed by atoms with Crippen molar-refractivity contribution in [2.75, 3.05) is 5.75 Å². The summed E-state index contributed by atoms with van der Waals surface area (Å²) < 4.78 is 2.47. The molecule has 0 aliphatic rings. The van der Waals surface area contributed by atoms with E-state index in [9.17, 15) is 9.59 Å². The first kappa shape index (κ1) is 14.5. The summed E-state index contributed by atoms with van der Waals surface area (Å²) in [6.45, 7) is 3.80. The number of aromatic amines is 1. The molecule has 0 bridgehead atoms. The second kappa shape index (κ2) is 6.06. The van der Waals surface area contributed by atoms with Crippen molar-refractivity contribution in [1.82, 2.24) is 14.8 Å². The molecule has 0 aliphatic heterocycles. The van der Waals surface area contributed by atoms with Crippen LogP contribution >= 0.6 is 39.0 Å². The van der Waals surface area contributed by atoms with Gasteiger partial charge in [0.05, 0.1) is 14.4 Å². The molecule has 0 spiro atoms. The predicted octanol–water partition coefficient (Wildman–Crippen LogP) is 2.95. The lowest BCUT2D eigenvalue weighted by molar-refractivity contribution is 0.102. The van der Waals surface area contributed by atoms with Gasteiger partial charge in [0.15, 0.2) is 10.9 Å². The number of rotatable bonds is 5. The quantitative estimate of drug-likeness (QED) is 0.656. The third-order valence-electron chi connectivity index (χ3n) is 2.37. The second-order valence-corrected chi connectivity index (χ2v) is 7.50. The van der Waals surface area contributed by atoms with Crippen LogP contribution in [-0.4, -0.2) is 26.3 Å². The van der Waals surface area contributed by atoms with E-state index in [0.29, 0.717) is 10.0 Å². The van der Waals surface area contributed by atoms with Gasteiger partial charge in [-0.3, -0.25) is 9.36 Å². The summed E-state index contributed by atoms with van der Waals surface area (Å²) in [6, 6.07) is 3.65. The number of hydrogen-bond donors (Lipinski definition) is 1. The average Bonchev–Trinajstić information content (AvgIpc) is 2.92. The first-order valence-electron chi connectivity index (χ1n) is 5.57. The van der Waals surface area contributed by atoms with E-state index in [1.165, 1.54) is 23.1 Å². The summed E-state index contributed by atoms with van der Waals surface area (Å²) in [6.07, 6.45) is 0. The number of nitrogens with one attached hydrogen (secondary N) is 1. The maximum Gasteiger partial charge on any atom is 0.344 e. The first-order chi connectivity index (χ1) is 8.99. The number of carbonyl (C=O) groups is 1. The summed E-state index contributed by atoms with van der Waals surface area (Å²) >= 11 is 6.00. The van der Waals surface area contributed by atoms with Gasteiger partial charge in [-0.25, -0.2) is 9.89 Å². The SMILES string of the molecule is CC(C)n1c(SCC(=O)c2ccc(Br)s2)n[nH]c1=O. The molecule has 102 valence electrons. The highest BCUT2D eigenvalue weighted by Crippen LogP contribution is 2.25. The molecular formula is C11H12BrN3O2S2. The molecule has 0 aromatic carbocycles. The molecule has 0 unspecified atom stereocenters. The zero-order chi connectivity index (χ0) is 14.0. The number of nitrogens with zero attached hydrogens (tertiary/aromatic N) is 2. The summed E-state index contributed by atoms with van der Waals surface area (Å²) in [5, 5.41) is 6.89. The number of thioether (sulfide) groups is 1. The Balaban J connectivity index is 2.07. The molecule has 2 aromatic rings. The molecule has 0 atom stereocenters. The maximum absolute atomic E-state index is 12.0. The van der Waals surface area contributed by atoms with Crippen molar-refractivity contribution in [3.8, 4) is 0 Å². The lowest BCUT2D eigenvalue weighted by Crippen LogP contribution is -2.19. The minimum absolute atomic E-state index is 0.0136. The van der Waals surface area contributed by atoms with Crippen LogP contribution in [0.1, 0.15) is 29.6 Å². The van der Waals surface area contributed by atoms with E-state index in [0.717, 1.165) is 3.79 Å². The Morgan fingerprint density at radius 3 is 2.89 bits per heavy atom. The fourth-order valence-corrected chi connectivity index (χ4v) is 3.89. The number of carbonyl (C=O) groups excluding carboxylic acids is 1. The lowest BCUT2D eigenvalue weighted by atomic mass is 10.4. The van der Waals surface area contributed by atoms with E-state index >= 15 is 0 Å². The van der Waals surface area contributed by atoms with E-state index in [1.54, 1.807) is 10.6 Å².